The second-order valence-corrected chi connectivity index (χ2v) is 7.96. The van der Waals surface area contributed by atoms with Crippen molar-refractivity contribution >= 4 is 17.3 Å². The molecule has 0 saturated heterocycles. The SMILES string of the molecule is COc1cc2c(c(OC)c1OC)-c1ccc(Nc3cccnc3)c(=O)cc1C(NC(C)=O)CC2. The molecule has 0 spiro atoms. The highest BCUT2D eigenvalue weighted by Gasteiger charge is 2.29. The average Bonchev–Trinajstić information content (AvgIpc) is 3.07. The molecule has 2 N–H and O–H groups in total. The summed E-state index contributed by atoms with van der Waals surface area (Å²) in [6.45, 7) is 1.47. The van der Waals surface area contributed by atoms with E-state index in [0.29, 0.717) is 47.0 Å². The van der Waals surface area contributed by atoms with Crippen LogP contribution in [-0.2, 0) is 11.2 Å². The summed E-state index contributed by atoms with van der Waals surface area (Å²) < 4.78 is 17.0. The third kappa shape index (κ3) is 4.39. The molecule has 34 heavy (non-hydrogen) atoms. The number of hydrogen-bond donors (Lipinski definition) is 2. The Hall–Kier alpha value is -4.07. The topological polar surface area (TPSA) is 98.8 Å². The highest BCUT2D eigenvalue weighted by atomic mass is 16.5. The zero-order valence-corrected chi connectivity index (χ0v) is 19.6. The maximum absolute atomic E-state index is 13.3. The van der Waals surface area contributed by atoms with Crippen molar-refractivity contribution in [2.75, 3.05) is 26.6 Å². The number of nitrogens with one attached hydrogen (secondary N) is 2. The van der Waals surface area contributed by atoms with Crippen LogP contribution in [-0.4, -0.2) is 32.2 Å². The van der Waals surface area contributed by atoms with Gasteiger partial charge in [-0.05, 0) is 59.9 Å². The van der Waals surface area contributed by atoms with Crippen molar-refractivity contribution in [1.82, 2.24) is 10.3 Å². The molecule has 0 bridgehead atoms. The number of hydrogen-bond acceptors (Lipinski definition) is 7. The molecular formula is C26H27N3O5. The standard InChI is InChI=1S/C26H27N3O5/c1-15(30)28-20-9-7-16-12-23(32-2)25(33-3)26(34-4)24(16)18-8-10-21(22(31)13-19(18)20)29-17-6-5-11-27-14-17/h5-6,8,10-14,20H,7,9H2,1-4H3,(H,28,30)(H,29,31). The first-order valence-corrected chi connectivity index (χ1v) is 10.9. The molecule has 1 amide bonds. The number of aromatic nitrogens is 1. The van der Waals surface area contributed by atoms with E-state index in [0.717, 1.165) is 16.7 Å². The van der Waals surface area contributed by atoms with Gasteiger partial charge in [0.05, 0.1) is 44.9 Å². The number of methoxy groups -OCH3 is 3. The molecule has 0 saturated carbocycles. The van der Waals surface area contributed by atoms with E-state index in [2.05, 4.69) is 15.6 Å². The van der Waals surface area contributed by atoms with Gasteiger partial charge in [0.25, 0.3) is 0 Å². The van der Waals surface area contributed by atoms with E-state index < -0.39 is 0 Å². The van der Waals surface area contributed by atoms with Crippen LogP contribution in [0.2, 0.25) is 0 Å². The smallest absolute Gasteiger partial charge is 0.217 e. The number of nitrogens with zero attached hydrogens (tertiary/aromatic N) is 1. The van der Waals surface area contributed by atoms with E-state index in [9.17, 15) is 9.59 Å². The number of ether oxygens (including phenoxy) is 3. The fourth-order valence-corrected chi connectivity index (χ4v) is 4.40. The number of rotatable bonds is 6. The summed E-state index contributed by atoms with van der Waals surface area (Å²) in [6, 6.07) is 10.4. The van der Waals surface area contributed by atoms with Gasteiger partial charge >= 0.3 is 0 Å². The van der Waals surface area contributed by atoms with Crippen LogP contribution in [0.5, 0.6) is 17.2 Å². The van der Waals surface area contributed by atoms with Crippen molar-refractivity contribution in [1.29, 1.82) is 0 Å². The van der Waals surface area contributed by atoms with E-state index in [1.807, 2.05) is 18.2 Å². The Morgan fingerprint density at radius 1 is 1.06 bits per heavy atom. The number of benzene rings is 1. The summed E-state index contributed by atoms with van der Waals surface area (Å²) in [4.78, 5) is 29.4. The van der Waals surface area contributed by atoms with Crippen molar-refractivity contribution in [3.8, 4) is 28.4 Å². The number of anilines is 2. The van der Waals surface area contributed by atoms with Crippen LogP contribution in [0, 0.1) is 0 Å². The molecular weight excluding hydrogens is 434 g/mol. The molecule has 1 aliphatic rings. The largest absolute Gasteiger partial charge is 0.493 e. The third-order valence-corrected chi connectivity index (χ3v) is 5.86. The minimum Gasteiger partial charge on any atom is -0.493 e. The number of pyridine rings is 1. The van der Waals surface area contributed by atoms with E-state index in [4.69, 9.17) is 14.2 Å². The molecule has 0 aliphatic heterocycles. The summed E-state index contributed by atoms with van der Waals surface area (Å²) in [6.07, 6.45) is 4.56. The van der Waals surface area contributed by atoms with Crippen LogP contribution >= 0.6 is 0 Å². The van der Waals surface area contributed by atoms with Gasteiger partial charge in [0.2, 0.25) is 17.1 Å². The molecule has 0 radical (unpaired) electrons. The van der Waals surface area contributed by atoms with Crippen molar-refractivity contribution in [2.24, 2.45) is 0 Å². The van der Waals surface area contributed by atoms with Gasteiger partial charge in [0, 0.05) is 18.7 Å². The Morgan fingerprint density at radius 3 is 2.50 bits per heavy atom. The Bertz CT molecular complexity index is 1280. The van der Waals surface area contributed by atoms with Gasteiger partial charge in [0.1, 0.15) is 0 Å². The van der Waals surface area contributed by atoms with E-state index in [-0.39, 0.29) is 17.4 Å². The van der Waals surface area contributed by atoms with Gasteiger partial charge < -0.3 is 24.8 Å². The molecule has 1 atom stereocenters. The molecule has 8 heteroatoms. The van der Waals surface area contributed by atoms with Crippen LogP contribution in [0.25, 0.3) is 11.1 Å². The van der Waals surface area contributed by atoms with Crippen LogP contribution in [0.3, 0.4) is 0 Å². The van der Waals surface area contributed by atoms with Crippen molar-refractivity contribution in [3.63, 3.8) is 0 Å². The molecule has 1 heterocycles. The Labute approximate surface area is 197 Å². The molecule has 1 aromatic heterocycles. The molecule has 8 nitrogen and oxygen atoms in total. The predicted molar refractivity (Wildman–Crippen MR) is 130 cm³/mol. The average molecular weight is 462 g/mol. The minimum absolute atomic E-state index is 0.170. The first-order chi connectivity index (χ1) is 16.5. The highest BCUT2D eigenvalue weighted by molar-refractivity contribution is 5.84. The van der Waals surface area contributed by atoms with Gasteiger partial charge in [-0.1, -0.05) is 6.07 Å². The van der Waals surface area contributed by atoms with Crippen molar-refractivity contribution < 1.29 is 19.0 Å². The lowest BCUT2D eigenvalue weighted by Gasteiger charge is -2.19. The van der Waals surface area contributed by atoms with Gasteiger partial charge in [-0.3, -0.25) is 14.6 Å². The lowest BCUT2D eigenvalue weighted by atomic mass is 9.95. The second kappa shape index (κ2) is 9.82. The maximum Gasteiger partial charge on any atom is 0.217 e. The first kappa shape index (κ1) is 23.1. The normalized spacial score (nSPS) is 14.2. The Morgan fingerprint density at radius 2 is 1.85 bits per heavy atom. The maximum atomic E-state index is 13.3. The number of amides is 1. The molecule has 0 fully saturated rings. The molecule has 1 aliphatic carbocycles. The molecule has 1 unspecified atom stereocenters. The van der Waals surface area contributed by atoms with Crippen LogP contribution < -0.4 is 30.3 Å². The summed E-state index contributed by atoms with van der Waals surface area (Å²) in [5.74, 6) is 1.37. The Kier molecular flexibility index (Phi) is 6.67. The third-order valence-electron chi connectivity index (χ3n) is 5.86. The molecule has 176 valence electrons. The molecule has 2 aromatic carbocycles. The number of aryl methyl sites for hydroxylation is 1. The molecule has 3 aromatic rings. The number of carbonyl (C=O) groups excluding carboxylic acids is 1. The minimum atomic E-state index is -0.354. The second-order valence-electron chi connectivity index (χ2n) is 7.96. The summed E-state index contributed by atoms with van der Waals surface area (Å²) >= 11 is 0. The first-order valence-electron chi connectivity index (χ1n) is 10.9. The fraction of sp³-hybridized carbons (Fsp3) is 0.269. The van der Waals surface area contributed by atoms with Gasteiger partial charge in [0.15, 0.2) is 11.5 Å². The van der Waals surface area contributed by atoms with Crippen molar-refractivity contribution in [2.45, 2.75) is 25.8 Å². The summed E-state index contributed by atoms with van der Waals surface area (Å²) in [5.41, 5.74) is 4.16. The molecule has 4 rings (SSSR count). The lowest BCUT2D eigenvalue weighted by molar-refractivity contribution is -0.119. The summed E-state index contributed by atoms with van der Waals surface area (Å²) in [7, 11) is 4.71. The predicted octanol–water partition coefficient (Wildman–Crippen LogP) is 4.00. The number of fused-ring (bicyclic) bond motifs is 3. The van der Waals surface area contributed by atoms with E-state index >= 15 is 0 Å². The Balaban J connectivity index is 1.99. The lowest BCUT2D eigenvalue weighted by Crippen LogP contribution is -2.26. The monoisotopic (exact) mass is 461 g/mol. The van der Waals surface area contributed by atoms with Gasteiger partial charge in [-0.15, -0.1) is 0 Å². The van der Waals surface area contributed by atoms with Crippen molar-refractivity contribution in [3.05, 3.63) is 70.1 Å². The van der Waals surface area contributed by atoms with E-state index in [1.165, 1.54) is 6.92 Å². The number of carbonyl (C=O) groups is 1. The van der Waals surface area contributed by atoms with E-state index in [1.54, 1.807) is 51.9 Å². The van der Waals surface area contributed by atoms with Gasteiger partial charge in [-0.2, -0.15) is 0 Å². The highest BCUT2D eigenvalue weighted by Crippen LogP contribution is 2.50. The zero-order chi connectivity index (χ0) is 24.2. The van der Waals surface area contributed by atoms with Crippen LogP contribution in [0.15, 0.2) is 53.6 Å². The zero-order valence-electron chi connectivity index (χ0n) is 19.6. The van der Waals surface area contributed by atoms with Crippen LogP contribution in [0.4, 0.5) is 11.4 Å². The fourth-order valence-electron chi connectivity index (χ4n) is 4.40. The van der Waals surface area contributed by atoms with Crippen LogP contribution in [0.1, 0.15) is 30.5 Å². The summed E-state index contributed by atoms with van der Waals surface area (Å²) in [5, 5.41) is 6.15. The van der Waals surface area contributed by atoms with Gasteiger partial charge in [-0.25, -0.2) is 0 Å². The quantitative estimate of drug-likeness (QED) is 0.572.